The van der Waals surface area contributed by atoms with E-state index in [1.54, 1.807) is 0 Å². The molecule has 4 heteroatoms. The molecule has 2 aliphatic heterocycles. The summed E-state index contributed by atoms with van der Waals surface area (Å²) >= 11 is 0. The van der Waals surface area contributed by atoms with Crippen LogP contribution in [0.5, 0.6) is 0 Å². The van der Waals surface area contributed by atoms with E-state index >= 15 is 0 Å². The van der Waals surface area contributed by atoms with Crippen LogP contribution in [0.25, 0.3) is 0 Å². The van der Waals surface area contributed by atoms with E-state index < -0.39 is 11.6 Å². The summed E-state index contributed by atoms with van der Waals surface area (Å²) in [6, 6.07) is 5.56. The van der Waals surface area contributed by atoms with E-state index in [9.17, 15) is 8.78 Å². The van der Waals surface area contributed by atoms with Crippen LogP contribution in [0, 0.1) is 11.6 Å². The zero-order valence-corrected chi connectivity index (χ0v) is 11.2. The standard InChI is InChI=1S/C15H20F2N2/c1-19(9-10-4-11(16)6-12(17)5-10)15-7-13-2-3-14(8-15)18-13/h4-6,13-15,18H,2-3,7-9H2,1H3. The number of fused-ring (bicyclic) bond motifs is 2. The third kappa shape index (κ3) is 2.95. The largest absolute Gasteiger partial charge is 0.311 e. The number of nitrogens with zero attached hydrogens (tertiary/aromatic N) is 1. The predicted octanol–water partition coefficient (Wildman–Crippen LogP) is 2.68. The molecular weight excluding hydrogens is 246 g/mol. The fourth-order valence-corrected chi connectivity index (χ4v) is 3.51. The van der Waals surface area contributed by atoms with Gasteiger partial charge in [-0.1, -0.05) is 0 Å². The number of halogens is 2. The van der Waals surface area contributed by atoms with E-state index in [0.717, 1.165) is 18.9 Å². The van der Waals surface area contributed by atoms with E-state index in [2.05, 4.69) is 17.3 Å². The van der Waals surface area contributed by atoms with Crippen molar-refractivity contribution >= 4 is 0 Å². The Kier molecular flexibility index (Phi) is 3.54. The van der Waals surface area contributed by atoms with Gasteiger partial charge in [0.05, 0.1) is 0 Å². The Hall–Kier alpha value is -1.00. The molecule has 0 spiro atoms. The molecule has 2 atom stereocenters. The van der Waals surface area contributed by atoms with Crippen molar-refractivity contribution in [1.82, 2.24) is 10.2 Å². The summed E-state index contributed by atoms with van der Waals surface area (Å²) in [6.07, 6.45) is 4.82. The molecule has 0 radical (unpaired) electrons. The van der Waals surface area contributed by atoms with Gasteiger partial charge in [0.1, 0.15) is 11.6 Å². The van der Waals surface area contributed by atoms with Gasteiger partial charge in [-0.15, -0.1) is 0 Å². The van der Waals surface area contributed by atoms with E-state index in [-0.39, 0.29) is 0 Å². The van der Waals surface area contributed by atoms with E-state index in [1.165, 1.54) is 25.0 Å². The predicted molar refractivity (Wildman–Crippen MR) is 70.8 cm³/mol. The Bertz CT molecular complexity index is 431. The summed E-state index contributed by atoms with van der Waals surface area (Å²) in [6.45, 7) is 0.610. The third-order valence-corrected chi connectivity index (χ3v) is 4.43. The Balaban J connectivity index is 1.65. The molecule has 2 unspecified atom stereocenters. The molecule has 2 saturated heterocycles. The number of hydrogen-bond donors (Lipinski definition) is 1. The zero-order chi connectivity index (χ0) is 13.4. The second-order valence-electron chi connectivity index (χ2n) is 5.96. The highest BCUT2D eigenvalue weighted by Gasteiger charge is 2.34. The summed E-state index contributed by atoms with van der Waals surface area (Å²) < 4.78 is 26.4. The summed E-state index contributed by atoms with van der Waals surface area (Å²) in [5.74, 6) is -0.984. The quantitative estimate of drug-likeness (QED) is 0.905. The highest BCUT2D eigenvalue weighted by atomic mass is 19.1. The summed E-state index contributed by atoms with van der Waals surface area (Å²) in [7, 11) is 2.05. The van der Waals surface area contributed by atoms with Crippen molar-refractivity contribution in [2.75, 3.05) is 7.05 Å². The molecule has 104 valence electrons. The molecule has 1 N–H and O–H groups in total. The lowest BCUT2D eigenvalue weighted by atomic mass is 9.98. The fourth-order valence-electron chi connectivity index (χ4n) is 3.51. The second kappa shape index (κ2) is 5.17. The van der Waals surface area contributed by atoms with Gasteiger partial charge in [0.2, 0.25) is 0 Å². The summed E-state index contributed by atoms with van der Waals surface area (Å²) in [5, 5.41) is 3.61. The van der Waals surface area contributed by atoms with Crippen LogP contribution in [-0.4, -0.2) is 30.1 Å². The van der Waals surface area contributed by atoms with Crippen LogP contribution < -0.4 is 5.32 Å². The molecule has 19 heavy (non-hydrogen) atoms. The average Bonchev–Trinajstić information content (AvgIpc) is 2.66. The van der Waals surface area contributed by atoms with Gasteiger partial charge in [0, 0.05) is 30.7 Å². The molecule has 1 aromatic rings. The van der Waals surface area contributed by atoms with Crippen molar-refractivity contribution in [1.29, 1.82) is 0 Å². The average molecular weight is 266 g/mol. The van der Waals surface area contributed by atoms with Gasteiger partial charge in [0.15, 0.2) is 0 Å². The summed E-state index contributed by atoms with van der Waals surface area (Å²) in [5.41, 5.74) is 0.714. The van der Waals surface area contributed by atoms with Crippen molar-refractivity contribution in [2.24, 2.45) is 0 Å². The first-order valence-electron chi connectivity index (χ1n) is 7.01. The van der Waals surface area contributed by atoms with Crippen LogP contribution in [0.4, 0.5) is 8.78 Å². The zero-order valence-electron chi connectivity index (χ0n) is 11.2. The highest BCUT2D eigenvalue weighted by Crippen LogP contribution is 2.29. The van der Waals surface area contributed by atoms with Gasteiger partial charge in [-0.25, -0.2) is 8.78 Å². The fraction of sp³-hybridized carbons (Fsp3) is 0.600. The van der Waals surface area contributed by atoms with E-state index in [4.69, 9.17) is 0 Å². The lowest BCUT2D eigenvalue weighted by Gasteiger charge is -2.35. The van der Waals surface area contributed by atoms with E-state index in [1.807, 2.05) is 0 Å². The number of benzene rings is 1. The van der Waals surface area contributed by atoms with Crippen LogP contribution in [0.1, 0.15) is 31.2 Å². The smallest absolute Gasteiger partial charge is 0.126 e. The second-order valence-corrected chi connectivity index (χ2v) is 5.96. The van der Waals surface area contributed by atoms with Crippen LogP contribution in [-0.2, 0) is 6.54 Å². The molecule has 3 rings (SSSR count). The Labute approximate surface area is 112 Å². The molecular formula is C15H20F2N2. The minimum absolute atomic E-state index is 0.492. The molecule has 2 aliphatic rings. The maximum absolute atomic E-state index is 13.2. The Morgan fingerprint density at radius 3 is 2.26 bits per heavy atom. The Morgan fingerprint density at radius 1 is 1.11 bits per heavy atom. The molecule has 0 aliphatic carbocycles. The van der Waals surface area contributed by atoms with Crippen molar-refractivity contribution in [3.8, 4) is 0 Å². The molecule has 2 nitrogen and oxygen atoms in total. The molecule has 2 fully saturated rings. The van der Waals surface area contributed by atoms with Gasteiger partial charge in [-0.2, -0.15) is 0 Å². The van der Waals surface area contributed by atoms with Crippen LogP contribution in [0.2, 0.25) is 0 Å². The molecule has 1 aromatic carbocycles. The van der Waals surface area contributed by atoms with Gasteiger partial charge in [-0.05, 0) is 50.4 Å². The first-order valence-corrected chi connectivity index (χ1v) is 7.01. The number of hydrogen-bond acceptors (Lipinski definition) is 2. The topological polar surface area (TPSA) is 15.3 Å². The molecule has 0 aromatic heterocycles. The first-order chi connectivity index (χ1) is 9.10. The van der Waals surface area contributed by atoms with Crippen LogP contribution in [0.15, 0.2) is 18.2 Å². The van der Waals surface area contributed by atoms with Crippen molar-refractivity contribution in [3.63, 3.8) is 0 Å². The normalized spacial score (nSPS) is 30.0. The lowest BCUT2D eigenvalue weighted by molar-refractivity contribution is 0.165. The minimum Gasteiger partial charge on any atom is -0.311 e. The van der Waals surface area contributed by atoms with Crippen LogP contribution in [0.3, 0.4) is 0 Å². The van der Waals surface area contributed by atoms with E-state index in [0.29, 0.717) is 30.2 Å². The molecule has 0 amide bonds. The van der Waals surface area contributed by atoms with Gasteiger partial charge in [0.25, 0.3) is 0 Å². The van der Waals surface area contributed by atoms with Crippen molar-refractivity contribution in [2.45, 2.75) is 50.4 Å². The highest BCUT2D eigenvalue weighted by molar-refractivity contribution is 5.18. The lowest BCUT2D eigenvalue weighted by Crippen LogP contribution is -2.46. The van der Waals surface area contributed by atoms with Crippen LogP contribution >= 0.6 is 0 Å². The van der Waals surface area contributed by atoms with Gasteiger partial charge < -0.3 is 5.32 Å². The minimum atomic E-state index is -0.492. The maximum atomic E-state index is 13.2. The Morgan fingerprint density at radius 2 is 1.68 bits per heavy atom. The first kappa shape index (κ1) is 13.0. The molecule has 0 saturated carbocycles. The molecule has 2 heterocycles. The monoisotopic (exact) mass is 266 g/mol. The van der Waals surface area contributed by atoms with Gasteiger partial charge in [-0.3, -0.25) is 4.90 Å². The summed E-state index contributed by atoms with van der Waals surface area (Å²) in [4.78, 5) is 2.24. The van der Waals surface area contributed by atoms with Crippen molar-refractivity contribution in [3.05, 3.63) is 35.4 Å². The van der Waals surface area contributed by atoms with Gasteiger partial charge >= 0.3 is 0 Å². The number of nitrogens with one attached hydrogen (secondary N) is 1. The molecule has 2 bridgehead atoms. The number of piperidine rings is 1. The van der Waals surface area contributed by atoms with Crippen molar-refractivity contribution < 1.29 is 8.78 Å². The number of rotatable bonds is 3. The maximum Gasteiger partial charge on any atom is 0.126 e. The SMILES string of the molecule is CN(Cc1cc(F)cc(F)c1)C1CC2CCC(C1)N2. The third-order valence-electron chi connectivity index (χ3n) is 4.43.